The van der Waals surface area contributed by atoms with E-state index in [9.17, 15) is 4.79 Å². The Labute approximate surface area is 138 Å². The van der Waals surface area contributed by atoms with Crippen LogP contribution in [0.25, 0.3) is 16.9 Å². The van der Waals surface area contributed by atoms with E-state index in [1.807, 2.05) is 60.1 Å². The summed E-state index contributed by atoms with van der Waals surface area (Å²) in [5.41, 5.74) is 4.56. The summed E-state index contributed by atoms with van der Waals surface area (Å²) >= 11 is 0. The summed E-state index contributed by atoms with van der Waals surface area (Å²) in [4.78, 5) is 16.7. The molecule has 5 nitrogen and oxygen atoms in total. The van der Waals surface area contributed by atoms with Gasteiger partial charge >= 0.3 is 0 Å². The number of imidazole rings is 1. The summed E-state index contributed by atoms with van der Waals surface area (Å²) < 4.78 is 7.09. The van der Waals surface area contributed by atoms with Gasteiger partial charge < -0.3 is 14.1 Å². The first kappa shape index (κ1) is 14.3. The number of pyridine rings is 1. The maximum absolute atomic E-state index is 12.1. The number of carbonyl (C=O) groups excluding carboxylic acids is 1. The van der Waals surface area contributed by atoms with Gasteiger partial charge in [-0.05, 0) is 48.9 Å². The van der Waals surface area contributed by atoms with Crippen molar-refractivity contribution >= 4 is 17.2 Å². The van der Waals surface area contributed by atoms with Crippen LogP contribution >= 0.6 is 0 Å². The third-order valence-corrected chi connectivity index (χ3v) is 3.78. The van der Waals surface area contributed by atoms with Crippen LogP contribution in [0.3, 0.4) is 0 Å². The molecule has 0 aliphatic rings. The average Bonchev–Trinajstić information content (AvgIpc) is 3.24. The summed E-state index contributed by atoms with van der Waals surface area (Å²) in [6, 6.07) is 15.0. The zero-order valence-corrected chi connectivity index (χ0v) is 13.1. The molecule has 4 aromatic rings. The molecule has 0 aliphatic carbocycles. The molecule has 4 rings (SSSR count). The number of rotatable bonds is 3. The van der Waals surface area contributed by atoms with Gasteiger partial charge in [-0.1, -0.05) is 12.1 Å². The highest BCUT2D eigenvalue weighted by Gasteiger charge is 2.10. The van der Waals surface area contributed by atoms with Crippen molar-refractivity contribution in [1.29, 1.82) is 0 Å². The van der Waals surface area contributed by atoms with Crippen molar-refractivity contribution in [2.24, 2.45) is 0 Å². The molecule has 3 heterocycles. The van der Waals surface area contributed by atoms with Gasteiger partial charge in [-0.2, -0.15) is 0 Å². The summed E-state index contributed by atoms with van der Waals surface area (Å²) in [7, 11) is 0. The number of carbonyl (C=O) groups is 1. The smallest absolute Gasteiger partial charge is 0.291 e. The fourth-order valence-corrected chi connectivity index (χ4v) is 2.58. The summed E-state index contributed by atoms with van der Waals surface area (Å²) in [5.74, 6) is 0.00591. The van der Waals surface area contributed by atoms with Crippen LogP contribution in [0.4, 0.5) is 5.69 Å². The van der Waals surface area contributed by atoms with E-state index in [1.165, 1.54) is 11.8 Å². The van der Waals surface area contributed by atoms with E-state index < -0.39 is 0 Å². The fraction of sp³-hybridized carbons (Fsp3) is 0.0526. The molecular formula is C19H15N3O2. The highest BCUT2D eigenvalue weighted by atomic mass is 16.3. The number of nitrogens with one attached hydrogen (secondary N) is 1. The zero-order valence-electron chi connectivity index (χ0n) is 13.1. The minimum absolute atomic E-state index is 0.275. The van der Waals surface area contributed by atoms with E-state index in [2.05, 4.69) is 10.3 Å². The van der Waals surface area contributed by atoms with E-state index in [-0.39, 0.29) is 11.7 Å². The molecule has 1 aromatic carbocycles. The summed E-state index contributed by atoms with van der Waals surface area (Å²) in [5, 5.41) is 2.83. The Hall–Kier alpha value is -3.34. The highest BCUT2D eigenvalue weighted by Crippen LogP contribution is 2.23. The minimum Gasteiger partial charge on any atom is -0.459 e. The number of hydrogen-bond donors (Lipinski definition) is 1. The predicted molar refractivity (Wildman–Crippen MR) is 92.0 cm³/mol. The zero-order chi connectivity index (χ0) is 16.5. The number of hydrogen-bond acceptors (Lipinski definition) is 3. The Morgan fingerprint density at radius 3 is 2.92 bits per heavy atom. The molecule has 0 aliphatic heterocycles. The Morgan fingerprint density at radius 1 is 1.17 bits per heavy atom. The lowest BCUT2D eigenvalue weighted by atomic mass is 10.1. The first-order valence-corrected chi connectivity index (χ1v) is 7.60. The number of furan rings is 1. The lowest BCUT2D eigenvalue weighted by molar-refractivity contribution is 0.0996. The molecule has 0 bridgehead atoms. The van der Waals surface area contributed by atoms with Crippen LogP contribution in [0, 0.1) is 6.92 Å². The molecule has 118 valence electrons. The van der Waals surface area contributed by atoms with E-state index >= 15 is 0 Å². The first-order valence-electron chi connectivity index (χ1n) is 7.60. The van der Waals surface area contributed by atoms with E-state index in [1.54, 1.807) is 12.1 Å². The average molecular weight is 317 g/mol. The molecule has 0 saturated carbocycles. The molecular weight excluding hydrogens is 302 g/mol. The number of aromatic nitrogens is 2. The lowest BCUT2D eigenvalue weighted by Crippen LogP contribution is -2.10. The number of anilines is 1. The van der Waals surface area contributed by atoms with Crippen molar-refractivity contribution in [2.75, 3.05) is 5.32 Å². The molecule has 1 N–H and O–H groups in total. The van der Waals surface area contributed by atoms with Crippen LogP contribution < -0.4 is 5.32 Å². The molecule has 0 radical (unpaired) electrons. The summed E-state index contributed by atoms with van der Waals surface area (Å²) in [6.07, 6.45) is 5.44. The second-order valence-corrected chi connectivity index (χ2v) is 5.61. The number of aryl methyl sites for hydroxylation is 1. The monoisotopic (exact) mass is 317 g/mol. The number of fused-ring (bicyclic) bond motifs is 1. The highest BCUT2D eigenvalue weighted by molar-refractivity contribution is 6.02. The largest absolute Gasteiger partial charge is 0.459 e. The van der Waals surface area contributed by atoms with Crippen molar-refractivity contribution < 1.29 is 9.21 Å². The van der Waals surface area contributed by atoms with Crippen LogP contribution in [0.1, 0.15) is 16.1 Å². The van der Waals surface area contributed by atoms with Gasteiger partial charge in [0.15, 0.2) is 5.76 Å². The van der Waals surface area contributed by atoms with Gasteiger partial charge in [0, 0.05) is 23.6 Å². The normalized spacial score (nSPS) is 10.9. The van der Waals surface area contributed by atoms with Gasteiger partial charge in [-0.25, -0.2) is 4.98 Å². The minimum atomic E-state index is -0.275. The van der Waals surface area contributed by atoms with E-state index in [4.69, 9.17) is 4.42 Å². The van der Waals surface area contributed by atoms with E-state index in [0.29, 0.717) is 5.69 Å². The van der Waals surface area contributed by atoms with Gasteiger partial charge in [0.05, 0.1) is 12.0 Å². The molecule has 1 amide bonds. The number of amides is 1. The second-order valence-electron chi connectivity index (χ2n) is 5.61. The van der Waals surface area contributed by atoms with Crippen molar-refractivity contribution in [3.8, 4) is 11.3 Å². The Morgan fingerprint density at radius 2 is 2.08 bits per heavy atom. The van der Waals surface area contributed by atoms with Crippen LogP contribution in [-0.2, 0) is 0 Å². The molecule has 0 saturated heterocycles. The second kappa shape index (κ2) is 5.70. The Kier molecular flexibility index (Phi) is 3.39. The van der Waals surface area contributed by atoms with Crippen molar-refractivity contribution in [1.82, 2.24) is 9.38 Å². The molecule has 24 heavy (non-hydrogen) atoms. The molecule has 3 aromatic heterocycles. The molecule has 0 fully saturated rings. The van der Waals surface area contributed by atoms with Gasteiger partial charge in [0.2, 0.25) is 0 Å². The SMILES string of the molecule is Cc1ccn2cc(-c3cccc(NC(=O)c4ccco4)c3)nc2c1. The lowest BCUT2D eigenvalue weighted by Gasteiger charge is -2.04. The number of nitrogens with zero attached hydrogens (tertiary/aromatic N) is 2. The first-order chi connectivity index (χ1) is 11.7. The third-order valence-electron chi connectivity index (χ3n) is 3.78. The standard InChI is InChI=1S/C19H15N3O2/c1-13-7-8-22-12-16(21-18(22)10-13)14-4-2-5-15(11-14)20-19(23)17-6-3-9-24-17/h2-12H,1H3,(H,20,23). The Balaban J connectivity index is 1.65. The quantitative estimate of drug-likeness (QED) is 0.617. The van der Waals surface area contributed by atoms with Crippen molar-refractivity contribution in [2.45, 2.75) is 6.92 Å². The number of benzene rings is 1. The van der Waals surface area contributed by atoms with Crippen LogP contribution in [0.2, 0.25) is 0 Å². The van der Waals surface area contributed by atoms with Crippen LogP contribution in [-0.4, -0.2) is 15.3 Å². The molecule has 0 unspecified atom stereocenters. The maximum Gasteiger partial charge on any atom is 0.291 e. The summed E-state index contributed by atoms with van der Waals surface area (Å²) in [6.45, 7) is 2.04. The molecule has 5 heteroatoms. The molecule has 0 spiro atoms. The van der Waals surface area contributed by atoms with Gasteiger partial charge in [-0.3, -0.25) is 4.79 Å². The maximum atomic E-state index is 12.1. The Bertz CT molecular complexity index is 1020. The van der Waals surface area contributed by atoms with Gasteiger partial charge in [0.1, 0.15) is 5.65 Å². The van der Waals surface area contributed by atoms with Gasteiger partial charge in [-0.15, -0.1) is 0 Å². The predicted octanol–water partition coefficient (Wildman–Crippen LogP) is 4.16. The van der Waals surface area contributed by atoms with Crippen LogP contribution in [0.5, 0.6) is 0 Å². The van der Waals surface area contributed by atoms with Crippen molar-refractivity contribution in [3.63, 3.8) is 0 Å². The third kappa shape index (κ3) is 2.67. The topological polar surface area (TPSA) is 59.5 Å². The molecule has 0 atom stereocenters. The van der Waals surface area contributed by atoms with Crippen molar-refractivity contribution in [3.05, 3.63) is 78.5 Å². The van der Waals surface area contributed by atoms with Crippen LogP contribution in [0.15, 0.2) is 71.6 Å². The van der Waals surface area contributed by atoms with Gasteiger partial charge in [0.25, 0.3) is 5.91 Å². The fourth-order valence-electron chi connectivity index (χ4n) is 2.58. The van der Waals surface area contributed by atoms with E-state index in [0.717, 1.165) is 16.9 Å².